The first kappa shape index (κ1) is 11.9. The van der Waals surface area contributed by atoms with Gasteiger partial charge in [-0.05, 0) is 19.1 Å². The summed E-state index contributed by atoms with van der Waals surface area (Å²) in [6, 6.07) is 2.04. The van der Waals surface area contributed by atoms with Crippen molar-refractivity contribution in [2.75, 3.05) is 19.0 Å². The van der Waals surface area contributed by atoms with E-state index in [0.717, 1.165) is 5.82 Å². The predicted molar refractivity (Wildman–Crippen MR) is 63.9 cm³/mol. The van der Waals surface area contributed by atoms with E-state index in [9.17, 15) is 0 Å². The zero-order valence-electron chi connectivity index (χ0n) is 9.15. The average Bonchev–Trinajstić information content (AvgIpc) is 2.51. The summed E-state index contributed by atoms with van der Waals surface area (Å²) in [6.07, 6.45) is 1.85. The number of ether oxygens (including phenoxy) is 1. The Morgan fingerprint density at radius 2 is 2.47 bits per heavy atom. The summed E-state index contributed by atoms with van der Waals surface area (Å²) in [6.45, 7) is 2.61. The van der Waals surface area contributed by atoms with Crippen molar-refractivity contribution in [2.24, 2.45) is 7.05 Å². The Labute approximate surface area is 94.8 Å². The van der Waals surface area contributed by atoms with Crippen LogP contribution in [0.25, 0.3) is 0 Å². The van der Waals surface area contributed by atoms with Crippen molar-refractivity contribution in [2.45, 2.75) is 13.0 Å². The fraction of sp³-hybridized carbons (Fsp3) is 0.556. The number of anilines is 1. The normalized spacial score (nSPS) is 12.2. The lowest BCUT2D eigenvalue weighted by Gasteiger charge is -2.14. The number of aryl methyl sites for hydroxylation is 1. The highest BCUT2D eigenvalue weighted by Crippen LogP contribution is 2.00. The van der Waals surface area contributed by atoms with Gasteiger partial charge in [0.15, 0.2) is 10.9 Å². The van der Waals surface area contributed by atoms with Crippen LogP contribution in [0.3, 0.4) is 0 Å². The molecule has 1 heterocycles. The quantitative estimate of drug-likeness (QED) is 0.745. The number of rotatable bonds is 4. The fourth-order valence-corrected chi connectivity index (χ4v) is 1.46. The van der Waals surface area contributed by atoms with E-state index < -0.39 is 0 Å². The Morgan fingerprint density at radius 3 is 3.00 bits per heavy atom. The van der Waals surface area contributed by atoms with Crippen LogP contribution in [0, 0.1) is 0 Å². The van der Waals surface area contributed by atoms with Crippen LogP contribution in [-0.4, -0.2) is 34.7 Å². The summed E-state index contributed by atoms with van der Waals surface area (Å²) < 4.78 is 6.70. The largest absolute Gasteiger partial charge is 0.383 e. The van der Waals surface area contributed by atoms with E-state index in [0.29, 0.717) is 11.7 Å². The molecular formula is C9H16N4OS. The number of hydrogen-bond donors (Lipinski definition) is 2. The van der Waals surface area contributed by atoms with E-state index in [1.807, 2.05) is 26.2 Å². The third-order valence-corrected chi connectivity index (χ3v) is 1.97. The lowest BCUT2D eigenvalue weighted by Crippen LogP contribution is -2.38. The molecule has 2 N–H and O–H groups in total. The van der Waals surface area contributed by atoms with Crippen molar-refractivity contribution in [1.29, 1.82) is 0 Å². The minimum atomic E-state index is 0.179. The number of hydrogen-bond acceptors (Lipinski definition) is 3. The number of thiocarbonyl (C=S) groups is 1. The molecule has 5 nitrogen and oxygen atoms in total. The van der Waals surface area contributed by atoms with Gasteiger partial charge in [0.2, 0.25) is 0 Å². The lowest BCUT2D eigenvalue weighted by atomic mass is 10.4. The van der Waals surface area contributed by atoms with Gasteiger partial charge >= 0.3 is 0 Å². The molecule has 84 valence electrons. The molecule has 1 rings (SSSR count). The van der Waals surface area contributed by atoms with E-state index in [1.54, 1.807) is 11.8 Å². The van der Waals surface area contributed by atoms with Crippen LogP contribution < -0.4 is 10.6 Å². The van der Waals surface area contributed by atoms with E-state index in [4.69, 9.17) is 17.0 Å². The molecule has 1 atom stereocenters. The molecule has 1 unspecified atom stereocenters. The molecule has 0 fully saturated rings. The second kappa shape index (κ2) is 5.67. The molecule has 1 aromatic heterocycles. The lowest BCUT2D eigenvalue weighted by molar-refractivity contribution is 0.179. The molecule has 0 spiro atoms. The molecular weight excluding hydrogens is 212 g/mol. The van der Waals surface area contributed by atoms with Gasteiger partial charge < -0.3 is 15.4 Å². The summed E-state index contributed by atoms with van der Waals surface area (Å²) in [5.41, 5.74) is 0. The van der Waals surface area contributed by atoms with Crippen molar-refractivity contribution < 1.29 is 4.74 Å². The SMILES string of the molecule is COCC(C)NC(=S)Nc1ccn(C)n1. The van der Waals surface area contributed by atoms with Crippen LogP contribution in [0.4, 0.5) is 5.82 Å². The third kappa shape index (κ3) is 4.26. The summed E-state index contributed by atoms with van der Waals surface area (Å²) in [5.74, 6) is 0.736. The molecule has 6 heteroatoms. The van der Waals surface area contributed by atoms with Crippen molar-refractivity contribution in [1.82, 2.24) is 15.1 Å². The zero-order chi connectivity index (χ0) is 11.3. The van der Waals surface area contributed by atoms with Crippen molar-refractivity contribution in [3.63, 3.8) is 0 Å². The number of aromatic nitrogens is 2. The highest BCUT2D eigenvalue weighted by Gasteiger charge is 2.04. The van der Waals surface area contributed by atoms with Gasteiger partial charge in [-0.2, -0.15) is 5.10 Å². The van der Waals surface area contributed by atoms with E-state index in [2.05, 4.69) is 15.7 Å². The third-order valence-electron chi connectivity index (χ3n) is 1.75. The van der Waals surface area contributed by atoms with Crippen molar-refractivity contribution in [3.05, 3.63) is 12.3 Å². The van der Waals surface area contributed by atoms with Gasteiger partial charge in [0.25, 0.3) is 0 Å². The van der Waals surface area contributed by atoms with Gasteiger partial charge in [0, 0.05) is 32.5 Å². The van der Waals surface area contributed by atoms with E-state index >= 15 is 0 Å². The van der Waals surface area contributed by atoms with Gasteiger partial charge in [-0.1, -0.05) is 0 Å². The molecule has 0 aliphatic heterocycles. The topological polar surface area (TPSA) is 51.1 Å². The maximum Gasteiger partial charge on any atom is 0.172 e. The van der Waals surface area contributed by atoms with Crippen molar-refractivity contribution in [3.8, 4) is 0 Å². The Hall–Kier alpha value is -1.14. The van der Waals surface area contributed by atoms with Crippen LogP contribution in [0.2, 0.25) is 0 Å². The summed E-state index contributed by atoms with van der Waals surface area (Å²) >= 11 is 5.11. The number of nitrogens with zero attached hydrogens (tertiary/aromatic N) is 2. The fourth-order valence-electron chi connectivity index (χ4n) is 1.15. The second-order valence-electron chi connectivity index (χ2n) is 3.33. The van der Waals surface area contributed by atoms with E-state index in [-0.39, 0.29) is 6.04 Å². The first-order chi connectivity index (χ1) is 7.11. The highest BCUT2D eigenvalue weighted by atomic mass is 32.1. The molecule has 0 amide bonds. The van der Waals surface area contributed by atoms with Gasteiger partial charge in [-0.25, -0.2) is 0 Å². The smallest absolute Gasteiger partial charge is 0.172 e. The van der Waals surface area contributed by atoms with Crippen LogP contribution in [0.5, 0.6) is 0 Å². The highest BCUT2D eigenvalue weighted by molar-refractivity contribution is 7.80. The maximum atomic E-state index is 5.11. The monoisotopic (exact) mass is 228 g/mol. The molecule has 0 saturated carbocycles. The van der Waals surface area contributed by atoms with Crippen LogP contribution in [0.15, 0.2) is 12.3 Å². The van der Waals surface area contributed by atoms with Gasteiger partial charge in [0.1, 0.15) is 0 Å². The van der Waals surface area contributed by atoms with Gasteiger partial charge in [-0.15, -0.1) is 0 Å². The molecule has 0 radical (unpaired) electrons. The van der Waals surface area contributed by atoms with Gasteiger partial charge in [-0.3, -0.25) is 4.68 Å². The van der Waals surface area contributed by atoms with Gasteiger partial charge in [0.05, 0.1) is 6.61 Å². The maximum absolute atomic E-state index is 5.11. The zero-order valence-corrected chi connectivity index (χ0v) is 9.97. The van der Waals surface area contributed by atoms with Crippen LogP contribution >= 0.6 is 12.2 Å². The molecule has 0 aromatic carbocycles. The minimum absolute atomic E-state index is 0.179. The minimum Gasteiger partial charge on any atom is -0.383 e. The standard InChI is InChI=1S/C9H16N4OS/c1-7(6-14-3)10-9(15)11-8-4-5-13(2)12-8/h4-5,7H,6H2,1-3H3,(H2,10,11,12,15). The summed E-state index contributed by atoms with van der Waals surface area (Å²) in [7, 11) is 3.52. The second-order valence-corrected chi connectivity index (χ2v) is 3.74. The Kier molecular flexibility index (Phi) is 4.51. The average molecular weight is 228 g/mol. The molecule has 0 aliphatic rings. The van der Waals surface area contributed by atoms with Crippen LogP contribution in [-0.2, 0) is 11.8 Å². The molecule has 15 heavy (non-hydrogen) atoms. The summed E-state index contributed by atoms with van der Waals surface area (Å²) in [5, 5.41) is 10.8. The molecule has 0 saturated heterocycles. The molecule has 0 aliphatic carbocycles. The molecule has 1 aromatic rings. The summed E-state index contributed by atoms with van der Waals surface area (Å²) in [4.78, 5) is 0. The first-order valence-electron chi connectivity index (χ1n) is 4.68. The number of nitrogens with one attached hydrogen (secondary N) is 2. The van der Waals surface area contributed by atoms with Crippen molar-refractivity contribution >= 4 is 23.1 Å². The first-order valence-corrected chi connectivity index (χ1v) is 5.08. The van der Waals surface area contributed by atoms with E-state index in [1.165, 1.54) is 0 Å². The predicted octanol–water partition coefficient (Wildman–Crippen LogP) is 0.741. The Balaban J connectivity index is 2.36. The Bertz CT molecular complexity index is 326. The Morgan fingerprint density at radius 1 is 1.73 bits per heavy atom. The number of methoxy groups -OCH3 is 1. The van der Waals surface area contributed by atoms with Crippen LogP contribution in [0.1, 0.15) is 6.92 Å². The molecule has 0 bridgehead atoms.